The Labute approximate surface area is 123 Å². The Morgan fingerprint density at radius 3 is 2.29 bits per heavy atom. The van der Waals surface area contributed by atoms with Gasteiger partial charge in [-0.15, -0.1) is 5.06 Å². The first-order valence-electron chi connectivity index (χ1n) is 7.00. The Balaban J connectivity index is 1.53. The summed E-state index contributed by atoms with van der Waals surface area (Å²) in [6.07, 6.45) is 3.58. The van der Waals surface area contributed by atoms with Crippen molar-refractivity contribution in [1.29, 1.82) is 0 Å². The molecule has 1 aliphatic heterocycles. The summed E-state index contributed by atoms with van der Waals surface area (Å²) in [5, 5.41) is 1.73. The number of rotatable bonds is 3. The second-order valence-corrected chi connectivity index (χ2v) is 4.87. The Morgan fingerprint density at radius 1 is 0.952 bits per heavy atom. The van der Waals surface area contributed by atoms with E-state index in [1.54, 1.807) is 29.6 Å². The molecule has 0 spiro atoms. The van der Waals surface area contributed by atoms with Crippen LogP contribution in [0.3, 0.4) is 0 Å². The maximum absolute atomic E-state index is 12.0. The lowest BCUT2D eigenvalue weighted by molar-refractivity contribution is -0.112. The largest absolute Gasteiger partial charge is 0.369 e. The number of carbonyl (C=O) groups is 1. The van der Waals surface area contributed by atoms with Crippen LogP contribution in [0, 0.1) is 0 Å². The first-order valence-corrected chi connectivity index (χ1v) is 7.00. The first kappa shape index (κ1) is 13.6. The fraction of sp³-hybridized carbons (Fsp3) is 0.250. The molecule has 21 heavy (non-hydrogen) atoms. The van der Waals surface area contributed by atoms with E-state index >= 15 is 0 Å². The molecule has 0 atom stereocenters. The molecule has 0 saturated carbocycles. The van der Waals surface area contributed by atoms with Crippen molar-refractivity contribution in [3.8, 4) is 0 Å². The highest BCUT2D eigenvalue weighted by Crippen LogP contribution is 2.15. The molecule has 0 amide bonds. The van der Waals surface area contributed by atoms with E-state index in [0.717, 1.165) is 18.8 Å². The molecular formula is C16H17N3O2. The summed E-state index contributed by atoms with van der Waals surface area (Å²) >= 11 is 0. The topological polar surface area (TPSA) is 45.7 Å². The van der Waals surface area contributed by atoms with E-state index in [-0.39, 0.29) is 5.97 Å². The smallest absolute Gasteiger partial charge is 0.357 e. The lowest BCUT2D eigenvalue weighted by atomic mass is 10.2. The van der Waals surface area contributed by atoms with E-state index in [1.165, 1.54) is 0 Å². The number of aromatic nitrogens is 1. The molecule has 1 aromatic carbocycles. The predicted octanol–water partition coefficient (Wildman–Crippen LogP) is 1.98. The lowest BCUT2D eigenvalue weighted by Crippen LogP contribution is -2.47. The summed E-state index contributed by atoms with van der Waals surface area (Å²) in [4.78, 5) is 23.7. The fourth-order valence-electron chi connectivity index (χ4n) is 2.34. The van der Waals surface area contributed by atoms with Gasteiger partial charge in [0.1, 0.15) is 0 Å². The molecule has 5 heteroatoms. The van der Waals surface area contributed by atoms with E-state index in [9.17, 15) is 4.79 Å². The summed E-state index contributed by atoms with van der Waals surface area (Å²) in [6.45, 7) is 3.04. The zero-order chi connectivity index (χ0) is 14.5. The highest BCUT2D eigenvalue weighted by molar-refractivity contribution is 5.89. The van der Waals surface area contributed by atoms with Gasteiger partial charge in [0.25, 0.3) is 0 Å². The summed E-state index contributed by atoms with van der Waals surface area (Å²) in [5.41, 5.74) is 1.73. The molecule has 1 aromatic heterocycles. The van der Waals surface area contributed by atoms with E-state index in [2.05, 4.69) is 9.88 Å². The first-order chi connectivity index (χ1) is 10.3. The van der Waals surface area contributed by atoms with Crippen molar-refractivity contribution in [3.05, 3.63) is 60.4 Å². The Hall–Kier alpha value is -2.40. The maximum atomic E-state index is 12.0. The zero-order valence-corrected chi connectivity index (χ0v) is 11.7. The van der Waals surface area contributed by atoms with Gasteiger partial charge in [0, 0.05) is 31.2 Å². The van der Waals surface area contributed by atoms with Crippen LogP contribution in [0.2, 0.25) is 0 Å². The second kappa shape index (κ2) is 6.37. The van der Waals surface area contributed by atoms with Crippen LogP contribution in [0.15, 0.2) is 54.9 Å². The average Bonchev–Trinajstić information content (AvgIpc) is 2.57. The van der Waals surface area contributed by atoms with Gasteiger partial charge in [-0.05, 0) is 24.3 Å². The lowest BCUT2D eigenvalue weighted by Gasteiger charge is -2.34. The van der Waals surface area contributed by atoms with Gasteiger partial charge in [-0.25, -0.2) is 4.79 Å². The highest BCUT2D eigenvalue weighted by Gasteiger charge is 2.20. The molecule has 0 unspecified atom stereocenters. The quantitative estimate of drug-likeness (QED) is 0.862. The van der Waals surface area contributed by atoms with E-state index < -0.39 is 0 Å². The van der Waals surface area contributed by atoms with Crippen molar-refractivity contribution in [1.82, 2.24) is 10.0 Å². The van der Waals surface area contributed by atoms with Crippen LogP contribution in [-0.2, 0) is 4.84 Å². The minimum absolute atomic E-state index is 0.298. The number of pyridine rings is 1. The minimum atomic E-state index is -0.298. The molecule has 1 aliphatic rings. The Bertz CT molecular complexity index is 581. The summed E-state index contributed by atoms with van der Waals surface area (Å²) < 4.78 is 0. The van der Waals surface area contributed by atoms with Crippen LogP contribution in [0.4, 0.5) is 5.69 Å². The second-order valence-electron chi connectivity index (χ2n) is 4.87. The molecule has 3 rings (SSSR count). The zero-order valence-electron chi connectivity index (χ0n) is 11.7. The third-order valence-corrected chi connectivity index (χ3v) is 3.49. The molecule has 0 N–H and O–H groups in total. The summed E-state index contributed by atoms with van der Waals surface area (Å²) in [5.74, 6) is -0.298. The number of hydrogen-bond acceptors (Lipinski definition) is 5. The number of benzene rings is 1. The summed E-state index contributed by atoms with van der Waals surface area (Å²) in [6, 6.07) is 13.0. The standard InChI is InChI=1S/C16H17N3O2/c20-16(14-4-2-1-3-5-14)21-19-12-10-18(11-13-19)15-6-8-17-9-7-15/h1-9H,10-13H2. The number of carbonyl (C=O) groups excluding carboxylic acids is 1. The molecule has 2 aromatic rings. The van der Waals surface area contributed by atoms with Crippen molar-refractivity contribution in [2.45, 2.75) is 0 Å². The number of hydroxylamine groups is 2. The molecule has 5 nitrogen and oxygen atoms in total. The Kier molecular flexibility index (Phi) is 4.12. The number of piperazine rings is 1. The van der Waals surface area contributed by atoms with Gasteiger partial charge in [-0.1, -0.05) is 18.2 Å². The van der Waals surface area contributed by atoms with Gasteiger partial charge in [-0.2, -0.15) is 0 Å². The van der Waals surface area contributed by atoms with Crippen molar-refractivity contribution >= 4 is 11.7 Å². The average molecular weight is 283 g/mol. The maximum Gasteiger partial charge on any atom is 0.357 e. The van der Waals surface area contributed by atoms with Crippen LogP contribution in [0.5, 0.6) is 0 Å². The molecule has 0 aliphatic carbocycles. The SMILES string of the molecule is O=C(ON1CCN(c2ccncc2)CC1)c1ccccc1. The normalized spacial score (nSPS) is 15.7. The van der Waals surface area contributed by atoms with Crippen molar-refractivity contribution in [2.75, 3.05) is 31.1 Å². The van der Waals surface area contributed by atoms with Crippen molar-refractivity contribution in [2.24, 2.45) is 0 Å². The summed E-state index contributed by atoms with van der Waals surface area (Å²) in [7, 11) is 0. The van der Waals surface area contributed by atoms with Crippen LogP contribution in [-0.4, -0.2) is 42.2 Å². The van der Waals surface area contributed by atoms with E-state index in [4.69, 9.17) is 4.84 Å². The Morgan fingerprint density at radius 2 is 1.62 bits per heavy atom. The van der Waals surface area contributed by atoms with E-state index in [1.807, 2.05) is 30.3 Å². The van der Waals surface area contributed by atoms with Gasteiger partial charge in [0.2, 0.25) is 0 Å². The van der Waals surface area contributed by atoms with Gasteiger partial charge in [0.05, 0.1) is 18.7 Å². The third kappa shape index (κ3) is 3.38. The van der Waals surface area contributed by atoms with Crippen LogP contribution >= 0.6 is 0 Å². The molecular weight excluding hydrogens is 266 g/mol. The molecule has 2 heterocycles. The van der Waals surface area contributed by atoms with Crippen molar-refractivity contribution in [3.63, 3.8) is 0 Å². The molecule has 0 radical (unpaired) electrons. The molecule has 0 bridgehead atoms. The van der Waals surface area contributed by atoms with Crippen LogP contribution in [0.1, 0.15) is 10.4 Å². The fourth-order valence-corrected chi connectivity index (χ4v) is 2.34. The van der Waals surface area contributed by atoms with Crippen LogP contribution < -0.4 is 4.90 Å². The van der Waals surface area contributed by atoms with Gasteiger partial charge in [-0.3, -0.25) is 4.98 Å². The van der Waals surface area contributed by atoms with Gasteiger partial charge >= 0.3 is 5.97 Å². The van der Waals surface area contributed by atoms with Gasteiger partial charge in [0.15, 0.2) is 0 Å². The molecule has 1 saturated heterocycles. The van der Waals surface area contributed by atoms with Crippen LogP contribution in [0.25, 0.3) is 0 Å². The highest BCUT2D eigenvalue weighted by atomic mass is 16.7. The predicted molar refractivity (Wildman–Crippen MR) is 79.9 cm³/mol. The molecule has 108 valence electrons. The number of nitrogens with zero attached hydrogens (tertiary/aromatic N) is 3. The van der Waals surface area contributed by atoms with Crippen molar-refractivity contribution < 1.29 is 9.63 Å². The van der Waals surface area contributed by atoms with Gasteiger partial charge < -0.3 is 9.74 Å². The minimum Gasteiger partial charge on any atom is -0.369 e. The number of anilines is 1. The third-order valence-electron chi connectivity index (χ3n) is 3.49. The van der Waals surface area contributed by atoms with E-state index in [0.29, 0.717) is 18.7 Å². The molecule has 1 fully saturated rings. The number of hydrogen-bond donors (Lipinski definition) is 0. The monoisotopic (exact) mass is 283 g/mol.